The van der Waals surface area contributed by atoms with Crippen LogP contribution >= 0.6 is 11.8 Å². The number of hydrogen-bond donors (Lipinski definition) is 1. The number of benzene rings is 2. The quantitative estimate of drug-likeness (QED) is 0.739. The summed E-state index contributed by atoms with van der Waals surface area (Å²) >= 11 is 1.83. The Morgan fingerprint density at radius 1 is 1.12 bits per heavy atom. The molecule has 1 fully saturated rings. The monoisotopic (exact) mass is 368 g/mol. The van der Waals surface area contributed by atoms with Crippen molar-refractivity contribution in [3.05, 3.63) is 65.2 Å². The van der Waals surface area contributed by atoms with E-state index in [1.54, 1.807) is 0 Å². The predicted molar refractivity (Wildman–Crippen MR) is 112 cm³/mol. The molecule has 1 atom stereocenters. The van der Waals surface area contributed by atoms with E-state index in [-0.39, 0.29) is 16.8 Å². The number of urea groups is 1. The van der Waals surface area contributed by atoms with Crippen molar-refractivity contribution in [3.8, 4) is 0 Å². The summed E-state index contributed by atoms with van der Waals surface area (Å²) in [6.45, 7) is 9.56. The summed E-state index contributed by atoms with van der Waals surface area (Å²) in [6.07, 6.45) is 1.00. The molecule has 138 valence electrons. The molecular weight excluding hydrogens is 340 g/mol. The zero-order valence-electron chi connectivity index (χ0n) is 16.1. The van der Waals surface area contributed by atoms with E-state index in [2.05, 4.69) is 69.4 Å². The number of nitrogens with one attached hydrogen (secondary N) is 1. The van der Waals surface area contributed by atoms with Gasteiger partial charge in [-0.3, -0.25) is 0 Å². The smallest absolute Gasteiger partial charge is 0.308 e. The largest absolute Gasteiger partial charge is 0.323 e. The number of hydrogen-bond acceptors (Lipinski definition) is 2. The van der Waals surface area contributed by atoms with Gasteiger partial charge in [0.25, 0.3) is 0 Å². The zero-order chi connectivity index (χ0) is 18.7. The molecule has 1 heterocycles. The fourth-order valence-electron chi connectivity index (χ4n) is 3.12. The Labute approximate surface area is 161 Å². The van der Waals surface area contributed by atoms with Gasteiger partial charge < -0.3 is 10.2 Å². The number of nitrogens with zero attached hydrogens (tertiary/aromatic N) is 1. The van der Waals surface area contributed by atoms with Gasteiger partial charge in [0.05, 0.1) is 0 Å². The second-order valence-electron chi connectivity index (χ2n) is 7.77. The number of amides is 2. The molecule has 0 aliphatic carbocycles. The Hall–Kier alpha value is -1.94. The number of thioether (sulfide) groups is 1. The molecule has 0 spiro atoms. The van der Waals surface area contributed by atoms with Gasteiger partial charge in [0.1, 0.15) is 5.37 Å². The van der Waals surface area contributed by atoms with Crippen molar-refractivity contribution in [1.82, 2.24) is 4.90 Å². The third kappa shape index (κ3) is 4.24. The first-order valence-electron chi connectivity index (χ1n) is 9.27. The molecule has 2 amide bonds. The minimum absolute atomic E-state index is 0.0239. The lowest BCUT2D eigenvalue weighted by molar-refractivity contribution is 0.214. The first-order chi connectivity index (χ1) is 12.4. The number of carbonyl (C=O) groups excluding carboxylic acids is 1. The van der Waals surface area contributed by atoms with Crippen LogP contribution in [0.3, 0.4) is 0 Å². The van der Waals surface area contributed by atoms with Crippen LogP contribution in [0.1, 0.15) is 49.8 Å². The lowest BCUT2D eigenvalue weighted by Crippen LogP contribution is -2.34. The summed E-state index contributed by atoms with van der Waals surface area (Å²) in [6, 6.07) is 16.8. The molecule has 3 rings (SSSR count). The molecule has 0 saturated carbocycles. The van der Waals surface area contributed by atoms with E-state index in [1.807, 2.05) is 28.8 Å². The van der Waals surface area contributed by atoms with Crippen LogP contribution in [0, 0.1) is 0 Å². The van der Waals surface area contributed by atoms with Gasteiger partial charge in [-0.1, -0.05) is 64.1 Å². The van der Waals surface area contributed by atoms with Gasteiger partial charge in [0.15, 0.2) is 0 Å². The number of aryl methyl sites for hydroxylation is 1. The van der Waals surface area contributed by atoms with Crippen LogP contribution in [-0.4, -0.2) is 23.2 Å². The first kappa shape index (κ1) is 18.8. The Morgan fingerprint density at radius 3 is 2.35 bits per heavy atom. The molecule has 0 bridgehead atoms. The minimum Gasteiger partial charge on any atom is -0.308 e. The van der Waals surface area contributed by atoms with E-state index in [1.165, 1.54) is 16.7 Å². The van der Waals surface area contributed by atoms with Crippen LogP contribution in [-0.2, 0) is 11.8 Å². The van der Waals surface area contributed by atoms with Crippen molar-refractivity contribution in [3.63, 3.8) is 0 Å². The fraction of sp³-hybridized carbons (Fsp3) is 0.409. The van der Waals surface area contributed by atoms with E-state index in [0.29, 0.717) is 0 Å². The summed E-state index contributed by atoms with van der Waals surface area (Å²) in [5, 5.41) is 3.13. The fourth-order valence-corrected chi connectivity index (χ4v) is 4.38. The maximum absolute atomic E-state index is 12.8. The second kappa shape index (κ2) is 7.75. The average Bonchev–Trinajstić information content (AvgIpc) is 3.11. The van der Waals surface area contributed by atoms with E-state index >= 15 is 0 Å². The normalized spacial score (nSPS) is 17.4. The number of rotatable bonds is 3. The Bertz CT molecular complexity index is 747. The molecule has 2 aromatic carbocycles. The van der Waals surface area contributed by atoms with Crippen molar-refractivity contribution in [2.45, 2.75) is 44.9 Å². The molecular formula is C22H28N2OS. The van der Waals surface area contributed by atoms with Crippen LogP contribution in [0.4, 0.5) is 10.5 Å². The summed E-state index contributed by atoms with van der Waals surface area (Å²) in [7, 11) is 0. The van der Waals surface area contributed by atoms with Crippen molar-refractivity contribution in [2.75, 3.05) is 17.6 Å². The maximum Gasteiger partial charge on any atom is 0.323 e. The molecule has 1 aliphatic rings. The van der Waals surface area contributed by atoms with E-state index < -0.39 is 0 Å². The van der Waals surface area contributed by atoms with Crippen molar-refractivity contribution in [2.24, 2.45) is 0 Å². The van der Waals surface area contributed by atoms with Crippen molar-refractivity contribution < 1.29 is 4.79 Å². The van der Waals surface area contributed by atoms with Gasteiger partial charge in [-0.05, 0) is 40.7 Å². The van der Waals surface area contributed by atoms with Crippen LogP contribution in [0.15, 0.2) is 48.5 Å². The highest BCUT2D eigenvalue weighted by atomic mass is 32.2. The summed E-state index contributed by atoms with van der Waals surface area (Å²) in [5.41, 5.74) is 4.78. The molecule has 3 nitrogen and oxygen atoms in total. The highest BCUT2D eigenvalue weighted by Crippen LogP contribution is 2.38. The molecule has 0 aromatic heterocycles. The lowest BCUT2D eigenvalue weighted by Gasteiger charge is -2.25. The highest BCUT2D eigenvalue weighted by Gasteiger charge is 2.31. The topological polar surface area (TPSA) is 32.3 Å². The SMILES string of the molecule is CCc1ccc(NC(=O)N2CCS[C@H]2c2ccc(C(C)(C)C)cc2)cc1. The van der Waals surface area contributed by atoms with Gasteiger partial charge in [-0.15, -0.1) is 11.8 Å². The lowest BCUT2D eigenvalue weighted by atomic mass is 9.87. The molecule has 0 unspecified atom stereocenters. The van der Waals surface area contributed by atoms with Crippen LogP contribution < -0.4 is 5.32 Å². The summed E-state index contributed by atoms with van der Waals surface area (Å²) in [4.78, 5) is 14.7. The minimum atomic E-state index is -0.0239. The molecule has 1 saturated heterocycles. The standard InChI is InChI=1S/C22H28N2OS/c1-5-16-6-12-19(13-7-16)23-21(25)24-14-15-26-20(24)17-8-10-18(11-9-17)22(2,3)4/h6-13,20H,5,14-15H2,1-4H3,(H,23,25)/t20-/m0/s1. The molecule has 1 N–H and O–H groups in total. The highest BCUT2D eigenvalue weighted by molar-refractivity contribution is 7.99. The van der Waals surface area contributed by atoms with Crippen LogP contribution in [0.25, 0.3) is 0 Å². The van der Waals surface area contributed by atoms with Gasteiger partial charge in [0, 0.05) is 18.0 Å². The summed E-state index contributed by atoms with van der Waals surface area (Å²) < 4.78 is 0. The van der Waals surface area contributed by atoms with Gasteiger partial charge in [-0.2, -0.15) is 0 Å². The van der Waals surface area contributed by atoms with Crippen molar-refractivity contribution in [1.29, 1.82) is 0 Å². The van der Waals surface area contributed by atoms with Crippen molar-refractivity contribution >= 4 is 23.5 Å². The Balaban J connectivity index is 1.71. The Morgan fingerprint density at radius 2 is 1.77 bits per heavy atom. The molecule has 0 radical (unpaired) electrons. The number of carbonyl (C=O) groups is 1. The molecule has 26 heavy (non-hydrogen) atoms. The zero-order valence-corrected chi connectivity index (χ0v) is 16.9. The summed E-state index contributed by atoms with van der Waals surface area (Å²) in [5.74, 6) is 0.966. The van der Waals surface area contributed by atoms with E-state index in [0.717, 1.165) is 24.4 Å². The third-order valence-electron chi connectivity index (χ3n) is 4.83. The molecule has 4 heteroatoms. The first-order valence-corrected chi connectivity index (χ1v) is 10.3. The van der Waals surface area contributed by atoms with E-state index in [4.69, 9.17) is 0 Å². The van der Waals surface area contributed by atoms with Gasteiger partial charge in [0.2, 0.25) is 0 Å². The predicted octanol–water partition coefficient (Wildman–Crippen LogP) is 5.83. The average molecular weight is 369 g/mol. The van der Waals surface area contributed by atoms with Gasteiger partial charge in [-0.25, -0.2) is 4.79 Å². The second-order valence-corrected chi connectivity index (χ2v) is 8.96. The van der Waals surface area contributed by atoms with E-state index in [9.17, 15) is 4.79 Å². The maximum atomic E-state index is 12.8. The van der Waals surface area contributed by atoms with Gasteiger partial charge >= 0.3 is 6.03 Å². The van der Waals surface area contributed by atoms with Crippen LogP contribution in [0.2, 0.25) is 0 Å². The molecule has 2 aromatic rings. The third-order valence-corrected chi connectivity index (χ3v) is 6.09. The Kier molecular flexibility index (Phi) is 5.61. The molecule has 1 aliphatic heterocycles. The number of anilines is 1. The van der Waals surface area contributed by atoms with Crippen LogP contribution in [0.5, 0.6) is 0 Å².